The normalized spacial score (nSPS) is 14.1. The molecule has 1 amide bonds. The van der Waals surface area contributed by atoms with E-state index in [1.165, 1.54) is 0 Å². The van der Waals surface area contributed by atoms with Crippen molar-refractivity contribution in [2.24, 2.45) is 0 Å². The van der Waals surface area contributed by atoms with Crippen LogP contribution in [0.2, 0.25) is 0 Å². The largest absolute Gasteiger partial charge is 0.421 e. The Balaban J connectivity index is 1.46. The molecule has 3 N–H and O–H groups in total. The van der Waals surface area contributed by atoms with E-state index < -0.39 is 5.82 Å². The summed E-state index contributed by atoms with van der Waals surface area (Å²) in [5, 5.41) is 10.8. The van der Waals surface area contributed by atoms with Gasteiger partial charge in [-0.1, -0.05) is 6.08 Å². The first-order valence-corrected chi connectivity index (χ1v) is 11.7. The zero-order chi connectivity index (χ0) is 25.2. The average molecular weight is 491 g/mol. The van der Waals surface area contributed by atoms with Gasteiger partial charge in [0.1, 0.15) is 11.6 Å². The van der Waals surface area contributed by atoms with Crippen LogP contribution >= 0.6 is 0 Å². The first kappa shape index (κ1) is 23.3. The predicted molar refractivity (Wildman–Crippen MR) is 136 cm³/mol. The van der Waals surface area contributed by atoms with E-state index in [1.54, 1.807) is 36.1 Å². The van der Waals surface area contributed by atoms with Crippen molar-refractivity contribution in [3.63, 3.8) is 0 Å². The number of amides is 1. The second kappa shape index (κ2) is 9.68. The quantitative estimate of drug-likeness (QED) is 0.368. The summed E-state index contributed by atoms with van der Waals surface area (Å²) in [5.41, 5.74) is 2.38. The van der Waals surface area contributed by atoms with E-state index in [0.717, 1.165) is 11.4 Å². The molecule has 1 aliphatic heterocycles. The molecule has 0 radical (unpaired) electrons. The molecule has 1 fully saturated rings. The van der Waals surface area contributed by atoms with Crippen molar-refractivity contribution in [3.05, 3.63) is 53.6 Å². The van der Waals surface area contributed by atoms with E-state index in [4.69, 9.17) is 4.74 Å². The number of rotatable bonds is 6. The van der Waals surface area contributed by atoms with Gasteiger partial charge in [0.05, 0.1) is 5.69 Å². The van der Waals surface area contributed by atoms with Gasteiger partial charge >= 0.3 is 6.01 Å². The standard InChI is InChI=1S/C25H27FN8O2/c1-4-5-17-13-22(32-31-17)28-21-14-23(34-10-8-33(9-11-34)16(3)35)30-25(29-21)36-20-7-6-19-18(24(20)26)12-15(2)27-19/h4-7,12-14,27H,8-11H2,1-3H3,(H2,28,29,30,31,32)/b5-4+. The third kappa shape index (κ3) is 4.85. The number of aromatic nitrogens is 5. The summed E-state index contributed by atoms with van der Waals surface area (Å²) in [7, 11) is 0. The Kier molecular flexibility index (Phi) is 6.28. The molecule has 1 saturated heterocycles. The highest BCUT2D eigenvalue weighted by molar-refractivity contribution is 5.82. The summed E-state index contributed by atoms with van der Waals surface area (Å²) in [5.74, 6) is 1.20. The SMILES string of the molecule is C/C=C/c1cc(Nc2cc(N3CCN(C(C)=O)CC3)nc(Oc3ccc4[nH]c(C)cc4c3F)n2)n[nH]1. The zero-order valence-corrected chi connectivity index (χ0v) is 20.3. The maximum absolute atomic E-state index is 15.2. The van der Waals surface area contributed by atoms with Gasteiger partial charge in [-0.25, -0.2) is 4.39 Å². The van der Waals surface area contributed by atoms with Crippen LogP contribution in [-0.4, -0.2) is 62.1 Å². The summed E-state index contributed by atoms with van der Waals surface area (Å²) in [6, 6.07) is 8.68. The maximum Gasteiger partial charge on any atom is 0.326 e. The Bertz CT molecular complexity index is 1440. The van der Waals surface area contributed by atoms with Crippen LogP contribution in [0.4, 0.5) is 21.8 Å². The number of halogens is 1. The molecule has 1 aliphatic rings. The summed E-state index contributed by atoms with van der Waals surface area (Å²) in [6.45, 7) is 7.74. The molecule has 4 heterocycles. The van der Waals surface area contributed by atoms with Gasteiger partial charge < -0.3 is 24.8 Å². The van der Waals surface area contributed by atoms with Gasteiger partial charge in [0.15, 0.2) is 17.4 Å². The van der Waals surface area contributed by atoms with Crippen molar-refractivity contribution in [1.82, 2.24) is 30.0 Å². The van der Waals surface area contributed by atoms with Crippen LogP contribution in [0.15, 0.2) is 36.4 Å². The van der Waals surface area contributed by atoms with E-state index in [9.17, 15) is 4.79 Å². The third-order valence-corrected chi connectivity index (χ3v) is 5.98. The molecular formula is C25H27FN8O2. The highest BCUT2D eigenvalue weighted by Crippen LogP contribution is 2.31. The van der Waals surface area contributed by atoms with E-state index >= 15 is 4.39 Å². The lowest BCUT2D eigenvalue weighted by Gasteiger charge is -2.35. The number of fused-ring (bicyclic) bond motifs is 1. The van der Waals surface area contributed by atoms with Crippen LogP contribution in [0.3, 0.4) is 0 Å². The fourth-order valence-corrected chi connectivity index (χ4v) is 4.20. The topological polar surface area (TPSA) is 115 Å². The van der Waals surface area contributed by atoms with Crippen molar-refractivity contribution in [2.45, 2.75) is 20.8 Å². The number of aryl methyl sites for hydroxylation is 1. The molecular weight excluding hydrogens is 463 g/mol. The van der Waals surface area contributed by atoms with Gasteiger partial charge in [-0.05, 0) is 38.1 Å². The molecule has 11 heteroatoms. The number of ether oxygens (including phenoxy) is 1. The van der Waals surface area contributed by atoms with E-state index in [0.29, 0.717) is 54.5 Å². The number of nitrogens with zero attached hydrogens (tertiary/aromatic N) is 5. The van der Waals surface area contributed by atoms with Crippen LogP contribution in [0.25, 0.3) is 17.0 Å². The fraction of sp³-hybridized carbons (Fsp3) is 0.280. The molecule has 3 aromatic heterocycles. The molecule has 0 aliphatic carbocycles. The van der Waals surface area contributed by atoms with Crippen LogP contribution < -0.4 is 15.0 Å². The van der Waals surface area contributed by atoms with E-state index in [2.05, 4.69) is 30.5 Å². The monoisotopic (exact) mass is 490 g/mol. The molecule has 0 atom stereocenters. The van der Waals surface area contributed by atoms with Crippen molar-refractivity contribution in [2.75, 3.05) is 36.4 Å². The van der Waals surface area contributed by atoms with E-state index in [1.807, 2.05) is 37.0 Å². The van der Waals surface area contributed by atoms with Crippen LogP contribution in [0.5, 0.6) is 11.8 Å². The minimum absolute atomic E-state index is 0.00119. The molecule has 10 nitrogen and oxygen atoms in total. The lowest BCUT2D eigenvalue weighted by Crippen LogP contribution is -2.48. The second-order valence-corrected chi connectivity index (χ2v) is 8.61. The lowest BCUT2D eigenvalue weighted by molar-refractivity contribution is -0.129. The molecule has 0 bridgehead atoms. The van der Waals surface area contributed by atoms with Crippen molar-refractivity contribution < 1.29 is 13.9 Å². The predicted octanol–water partition coefficient (Wildman–Crippen LogP) is 4.37. The molecule has 0 unspecified atom stereocenters. The molecule has 0 spiro atoms. The van der Waals surface area contributed by atoms with E-state index in [-0.39, 0.29) is 17.7 Å². The Morgan fingerprint density at radius 2 is 1.94 bits per heavy atom. The summed E-state index contributed by atoms with van der Waals surface area (Å²) >= 11 is 0. The second-order valence-electron chi connectivity index (χ2n) is 8.61. The number of hydrogen-bond donors (Lipinski definition) is 3. The summed E-state index contributed by atoms with van der Waals surface area (Å²) in [6.07, 6.45) is 3.80. The number of piperazine rings is 1. The van der Waals surface area contributed by atoms with Gasteiger partial charge in [-0.15, -0.1) is 0 Å². The highest BCUT2D eigenvalue weighted by Gasteiger charge is 2.22. The minimum atomic E-state index is -0.487. The number of aromatic amines is 2. The smallest absolute Gasteiger partial charge is 0.326 e. The molecule has 36 heavy (non-hydrogen) atoms. The van der Waals surface area contributed by atoms with Crippen LogP contribution in [0, 0.1) is 12.7 Å². The van der Waals surface area contributed by atoms with Crippen molar-refractivity contribution in [3.8, 4) is 11.8 Å². The Labute approximate surface area is 207 Å². The fourth-order valence-electron chi connectivity index (χ4n) is 4.20. The summed E-state index contributed by atoms with van der Waals surface area (Å²) < 4.78 is 21.0. The first-order valence-electron chi connectivity index (χ1n) is 11.7. The molecule has 1 aromatic carbocycles. The number of hydrogen-bond acceptors (Lipinski definition) is 7. The number of benzene rings is 1. The number of anilines is 3. The van der Waals surface area contributed by atoms with Gasteiger partial charge in [-0.3, -0.25) is 9.89 Å². The van der Waals surface area contributed by atoms with Crippen molar-refractivity contribution in [1.29, 1.82) is 0 Å². The zero-order valence-electron chi connectivity index (χ0n) is 20.3. The number of H-pyrrole nitrogens is 2. The van der Waals surface area contributed by atoms with Crippen molar-refractivity contribution >= 4 is 40.3 Å². The lowest BCUT2D eigenvalue weighted by atomic mass is 10.2. The summed E-state index contributed by atoms with van der Waals surface area (Å²) in [4.78, 5) is 27.7. The molecule has 4 aromatic rings. The number of carbonyl (C=O) groups is 1. The minimum Gasteiger partial charge on any atom is -0.421 e. The number of carbonyl (C=O) groups excluding carboxylic acids is 1. The third-order valence-electron chi connectivity index (χ3n) is 5.98. The van der Waals surface area contributed by atoms with Crippen LogP contribution in [0.1, 0.15) is 25.2 Å². The Morgan fingerprint density at radius 1 is 1.14 bits per heavy atom. The van der Waals surface area contributed by atoms with Crippen LogP contribution in [-0.2, 0) is 4.79 Å². The molecule has 5 rings (SSSR count). The molecule has 0 saturated carbocycles. The Hall–Kier alpha value is -4.41. The van der Waals surface area contributed by atoms with Gasteiger partial charge in [0, 0.05) is 61.8 Å². The average Bonchev–Trinajstić information content (AvgIpc) is 3.47. The molecule has 186 valence electrons. The first-order chi connectivity index (χ1) is 17.4. The number of nitrogens with one attached hydrogen (secondary N) is 3. The van der Waals surface area contributed by atoms with Gasteiger partial charge in [-0.2, -0.15) is 15.1 Å². The Morgan fingerprint density at radius 3 is 2.69 bits per heavy atom. The van der Waals surface area contributed by atoms with Gasteiger partial charge in [0.25, 0.3) is 0 Å². The van der Waals surface area contributed by atoms with Gasteiger partial charge in [0.2, 0.25) is 5.91 Å². The highest BCUT2D eigenvalue weighted by atomic mass is 19.1. The number of allylic oxidation sites excluding steroid dienone is 1. The maximum atomic E-state index is 15.2.